The zero-order chi connectivity index (χ0) is 19.4. The van der Waals surface area contributed by atoms with Crippen molar-refractivity contribution in [3.05, 3.63) is 36.3 Å². The predicted octanol–water partition coefficient (Wildman–Crippen LogP) is 4.80. The Morgan fingerprint density at radius 3 is 2.93 bits per heavy atom. The molecule has 1 saturated heterocycles. The summed E-state index contributed by atoms with van der Waals surface area (Å²) in [7, 11) is 0. The van der Waals surface area contributed by atoms with E-state index in [1.54, 1.807) is 34.2 Å². The molecule has 0 saturated carbocycles. The quantitative estimate of drug-likeness (QED) is 0.695. The molecule has 6 nitrogen and oxygen atoms in total. The van der Waals surface area contributed by atoms with Gasteiger partial charge in [-0.15, -0.1) is 11.8 Å². The number of rotatable bonds is 5. The topological polar surface area (TPSA) is 78.4 Å². The number of carboxylic acid groups (broad SMARTS) is 1. The SMILES string of the molecule is CC(C)(C)C1C(Nc2ncc(SCc3cccnc3)s2)CCCN1C(=O)O. The number of hydrogen-bond acceptors (Lipinski definition) is 6. The van der Waals surface area contributed by atoms with Gasteiger partial charge >= 0.3 is 6.09 Å². The van der Waals surface area contributed by atoms with E-state index in [1.807, 2.05) is 18.5 Å². The van der Waals surface area contributed by atoms with Crippen LogP contribution in [0.3, 0.4) is 0 Å². The number of anilines is 1. The van der Waals surface area contributed by atoms with Crippen molar-refractivity contribution in [2.24, 2.45) is 5.41 Å². The average Bonchev–Trinajstić information content (AvgIpc) is 3.07. The van der Waals surface area contributed by atoms with Crippen molar-refractivity contribution in [1.29, 1.82) is 0 Å². The molecule has 1 fully saturated rings. The van der Waals surface area contributed by atoms with Gasteiger partial charge in [0.15, 0.2) is 5.13 Å². The predicted molar refractivity (Wildman–Crippen MR) is 111 cm³/mol. The van der Waals surface area contributed by atoms with Gasteiger partial charge in [0.05, 0.1) is 16.4 Å². The second kappa shape index (κ2) is 8.48. The molecule has 0 radical (unpaired) electrons. The van der Waals surface area contributed by atoms with E-state index < -0.39 is 6.09 Å². The number of amides is 1. The van der Waals surface area contributed by atoms with Crippen LogP contribution in [0.15, 0.2) is 34.9 Å². The molecular weight excluding hydrogens is 380 g/mol. The number of pyridine rings is 1. The van der Waals surface area contributed by atoms with Gasteiger partial charge < -0.3 is 15.3 Å². The molecule has 3 heterocycles. The van der Waals surface area contributed by atoms with Crippen molar-refractivity contribution in [1.82, 2.24) is 14.9 Å². The Hall–Kier alpha value is -1.80. The Labute approximate surface area is 168 Å². The smallest absolute Gasteiger partial charge is 0.407 e. The molecule has 2 unspecified atom stereocenters. The number of nitrogens with one attached hydrogen (secondary N) is 1. The minimum Gasteiger partial charge on any atom is -0.465 e. The largest absolute Gasteiger partial charge is 0.465 e. The van der Waals surface area contributed by atoms with Crippen molar-refractivity contribution in [3.63, 3.8) is 0 Å². The number of thiazole rings is 1. The van der Waals surface area contributed by atoms with Gasteiger partial charge in [0.25, 0.3) is 0 Å². The molecule has 3 rings (SSSR count). The number of thioether (sulfide) groups is 1. The summed E-state index contributed by atoms with van der Waals surface area (Å²) in [5, 5.41) is 14.0. The number of nitrogens with zero attached hydrogens (tertiary/aromatic N) is 3. The Bertz CT molecular complexity index is 761. The Kier molecular flexibility index (Phi) is 6.26. The van der Waals surface area contributed by atoms with Gasteiger partial charge in [-0.3, -0.25) is 4.98 Å². The van der Waals surface area contributed by atoms with Gasteiger partial charge in [-0.25, -0.2) is 9.78 Å². The molecule has 1 aliphatic rings. The lowest BCUT2D eigenvalue weighted by atomic mass is 9.78. The maximum atomic E-state index is 11.7. The average molecular weight is 407 g/mol. The molecule has 0 bridgehead atoms. The first-order valence-electron chi connectivity index (χ1n) is 9.08. The van der Waals surface area contributed by atoms with Crippen LogP contribution in [0.4, 0.5) is 9.93 Å². The van der Waals surface area contributed by atoms with E-state index in [-0.39, 0.29) is 17.5 Å². The van der Waals surface area contributed by atoms with Gasteiger partial charge in [-0.2, -0.15) is 0 Å². The molecule has 2 aromatic rings. The normalized spacial score (nSPS) is 20.5. The highest BCUT2D eigenvalue weighted by atomic mass is 32.2. The van der Waals surface area contributed by atoms with Gasteiger partial charge in [0, 0.05) is 30.7 Å². The van der Waals surface area contributed by atoms with Crippen molar-refractivity contribution in [2.75, 3.05) is 11.9 Å². The van der Waals surface area contributed by atoms with Crippen molar-refractivity contribution >= 4 is 34.3 Å². The molecule has 2 aromatic heterocycles. The number of carbonyl (C=O) groups is 1. The molecule has 8 heteroatoms. The third kappa shape index (κ3) is 5.13. The van der Waals surface area contributed by atoms with Gasteiger partial charge in [-0.05, 0) is 29.9 Å². The van der Waals surface area contributed by atoms with Crippen LogP contribution in [-0.2, 0) is 5.75 Å². The Morgan fingerprint density at radius 1 is 1.44 bits per heavy atom. The number of piperidine rings is 1. The second-order valence-electron chi connectivity index (χ2n) is 7.81. The molecule has 2 atom stereocenters. The first-order chi connectivity index (χ1) is 12.8. The maximum Gasteiger partial charge on any atom is 0.407 e. The summed E-state index contributed by atoms with van der Waals surface area (Å²) in [5.41, 5.74) is 1.04. The zero-order valence-corrected chi connectivity index (χ0v) is 17.5. The van der Waals surface area contributed by atoms with Crippen LogP contribution in [0.25, 0.3) is 0 Å². The molecule has 27 heavy (non-hydrogen) atoms. The van der Waals surface area contributed by atoms with Crippen molar-refractivity contribution in [3.8, 4) is 0 Å². The van der Waals surface area contributed by atoms with Crippen molar-refractivity contribution < 1.29 is 9.90 Å². The lowest BCUT2D eigenvalue weighted by Gasteiger charge is -2.46. The van der Waals surface area contributed by atoms with Gasteiger partial charge in [0.1, 0.15) is 0 Å². The summed E-state index contributed by atoms with van der Waals surface area (Å²) < 4.78 is 1.14. The number of hydrogen-bond donors (Lipinski definition) is 2. The first kappa shape index (κ1) is 19.9. The van der Waals surface area contributed by atoms with Gasteiger partial charge in [0.2, 0.25) is 0 Å². The summed E-state index contributed by atoms with van der Waals surface area (Å²) in [5.74, 6) is 0.857. The lowest BCUT2D eigenvalue weighted by molar-refractivity contribution is 0.0519. The standard InChI is InChI=1S/C19H26N4O2S2/c1-19(2,3)16-14(7-5-9-23(16)18(24)25)22-17-21-11-15(27-17)26-12-13-6-4-8-20-10-13/h4,6,8,10-11,14,16H,5,7,9,12H2,1-3H3,(H,21,22)(H,24,25). The molecular formula is C19H26N4O2S2. The third-order valence-electron chi connectivity index (χ3n) is 4.66. The molecule has 0 spiro atoms. The number of likely N-dealkylation sites (tertiary alicyclic amines) is 1. The van der Waals surface area contributed by atoms with E-state index in [2.05, 4.69) is 42.1 Å². The second-order valence-corrected chi connectivity index (χ2v) is 10.1. The minimum atomic E-state index is -0.840. The van der Waals surface area contributed by atoms with E-state index in [0.717, 1.165) is 27.9 Å². The monoisotopic (exact) mass is 406 g/mol. The van der Waals surface area contributed by atoms with E-state index in [0.29, 0.717) is 6.54 Å². The fourth-order valence-electron chi connectivity index (χ4n) is 3.62. The van der Waals surface area contributed by atoms with Crippen LogP contribution in [0.1, 0.15) is 39.2 Å². The summed E-state index contributed by atoms with van der Waals surface area (Å²) in [6, 6.07) is 3.99. The summed E-state index contributed by atoms with van der Waals surface area (Å²) in [4.78, 5) is 22.0. The van der Waals surface area contributed by atoms with Crippen LogP contribution in [0, 0.1) is 5.41 Å². The van der Waals surface area contributed by atoms with Crippen LogP contribution in [-0.4, -0.2) is 44.7 Å². The van der Waals surface area contributed by atoms with E-state index in [4.69, 9.17) is 0 Å². The molecule has 1 aliphatic heterocycles. The highest BCUT2D eigenvalue weighted by molar-refractivity contribution is 8.00. The van der Waals surface area contributed by atoms with E-state index >= 15 is 0 Å². The molecule has 146 valence electrons. The Balaban J connectivity index is 1.66. The molecule has 0 aromatic carbocycles. The minimum absolute atomic E-state index is 0.0668. The van der Waals surface area contributed by atoms with Crippen molar-refractivity contribution in [2.45, 2.75) is 55.7 Å². The first-order valence-corrected chi connectivity index (χ1v) is 10.9. The highest BCUT2D eigenvalue weighted by Crippen LogP contribution is 2.36. The third-order valence-corrected chi connectivity index (χ3v) is 6.86. The molecule has 2 N–H and O–H groups in total. The fourth-order valence-corrected chi connectivity index (χ4v) is 5.49. The van der Waals surface area contributed by atoms with E-state index in [1.165, 1.54) is 5.56 Å². The Morgan fingerprint density at radius 2 is 2.26 bits per heavy atom. The molecule has 1 amide bonds. The van der Waals surface area contributed by atoms with Crippen LogP contribution in [0.5, 0.6) is 0 Å². The maximum absolute atomic E-state index is 11.7. The summed E-state index contributed by atoms with van der Waals surface area (Å²) >= 11 is 3.36. The van der Waals surface area contributed by atoms with Crippen LogP contribution >= 0.6 is 23.1 Å². The van der Waals surface area contributed by atoms with E-state index in [9.17, 15) is 9.90 Å². The fraction of sp³-hybridized carbons (Fsp3) is 0.526. The number of aromatic nitrogens is 2. The highest BCUT2D eigenvalue weighted by Gasteiger charge is 2.42. The lowest BCUT2D eigenvalue weighted by Crippen LogP contribution is -2.58. The summed E-state index contributed by atoms with van der Waals surface area (Å²) in [6.45, 7) is 6.90. The summed E-state index contributed by atoms with van der Waals surface area (Å²) in [6.07, 6.45) is 6.52. The molecule has 0 aliphatic carbocycles. The van der Waals surface area contributed by atoms with Gasteiger partial charge in [-0.1, -0.05) is 38.2 Å². The van der Waals surface area contributed by atoms with Crippen LogP contribution < -0.4 is 5.32 Å². The van der Waals surface area contributed by atoms with Crippen LogP contribution in [0.2, 0.25) is 0 Å². The zero-order valence-electron chi connectivity index (χ0n) is 15.9.